The van der Waals surface area contributed by atoms with Crippen LogP contribution in [0.25, 0.3) is 0 Å². The van der Waals surface area contributed by atoms with E-state index in [-0.39, 0.29) is 17.0 Å². The van der Waals surface area contributed by atoms with E-state index in [0.717, 1.165) is 18.4 Å². The molecule has 0 saturated heterocycles. The van der Waals surface area contributed by atoms with Crippen molar-refractivity contribution in [3.63, 3.8) is 0 Å². The molecule has 0 bridgehead atoms. The lowest BCUT2D eigenvalue weighted by Crippen LogP contribution is -2.31. The number of hydrogen-bond donors (Lipinski definition) is 1. The summed E-state index contributed by atoms with van der Waals surface area (Å²) in [7, 11) is 0. The molecule has 0 aromatic heterocycles. The summed E-state index contributed by atoms with van der Waals surface area (Å²) in [6.45, 7) is 1.90. The van der Waals surface area contributed by atoms with Crippen LogP contribution in [0.5, 0.6) is 0 Å². The zero-order valence-electron chi connectivity index (χ0n) is 9.01. The minimum Gasteiger partial charge on any atom is -0.327 e. The highest BCUT2D eigenvalue weighted by Gasteiger charge is 2.48. The van der Waals surface area contributed by atoms with Crippen molar-refractivity contribution in [3.8, 4) is 0 Å². The third-order valence-electron chi connectivity index (χ3n) is 3.44. The second-order valence-corrected chi connectivity index (χ2v) is 4.89. The lowest BCUT2D eigenvalue weighted by atomic mass is 9.88. The van der Waals surface area contributed by atoms with Gasteiger partial charge in [0, 0.05) is 22.0 Å². The average molecular weight is 246 g/mol. The Kier molecular flexibility index (Phi) is 2.93. The Morgan fingerprint density at radius 3 is 2.44 bits per heavy atom. The second kappa shape index (κ2) is 3.97. The van der Waals surface area contributed by atoms with Crippen LogP contribution in [0.3, 0.4) is 0 Å². The predicted molar refractivity (Wildman–Crippen MR) is 61.0 cm³/mol. The Bertz CT molecular complexity index is 400. The molecule has 1 aliphatic rings. The lowest BCUT2D eigenvalue weighted by molar-refractivity contribution is 0.151. The van der Waals surface area contributed by atoms with Crippen LogP contribution in [0.2, 0.25) is 5.02 Å². The second-order valence-electron chi connectivity index (χ2n) is 4.48. The van der Waals surface area contributed by atoms with Crippen LogP contribution in [0, 0.1) is 0 Å². The van der Waals surface area contributed by atoms with Crippen molar-refractivity contribution in [3.05, 3.63) is 34.3 Å². The Morgan fingerprint density at radius 2 is 2.00 bits per heavy atom. The number of nitrogens with two attached hydrogens (primary N) is 1. The summed E-state index contributed by atoms with van der Waals surface area (Å²) >= 11 is 6.07. The minimum atomic E-state index is -2.46. The van der Waals surface area contributed by atoms with Gasteiger partial charge in [0.2, 0.25) is 0 Å². The first-order valence-electron chi connectivity index (χ1n) is 5.31. The number of halogens is 3. The van der Waals surface area contributed by atoms with Gasteiger partial charge in [-0.1, -0.05) is 17.7 Å². The highest BCUT2D eigenvalue weighted by molar-refractivity contribution is 6.31. The van der Waals surface area contributed by atoms with Crippen LogP contribution < -0.4 is 5.73 Å². The van der Waals surface area contributed by atoms with E-state index in [0.29, 0.717) is 5.02 Å². The third-order valence-corrected chi connectivity index (χ3v) is 3.77. The molecule has 1 unspecified atom stereocenters. The van der Waals surface area contributed by atoms with Crippen LogP contribution in [-0.2, 0) is 5.41 Å². The average Bonchev–Trinajstić information content (AvgIpc) is 2.98. The van der Waals surface area contributed by atoms with Crippen LogP contribution in [-0.4, -0.2) is 6.04 Å². The molecule has 0 spiro atoms. The molecule has 1 nitrogen and oxygen atoms in total. The standard InChI is InChI=1S/C12H14ClF2N/c1-7(16)12(4-5-12)9-6-8(11(14)15)2-3-10(9)13/h2-3,6-7,11H,4-5,16H2,1H3. The SMILES string of the molecule is CC(N)C1(c2cc(C(F)F)ccc2Cl)CC1. The molecule has 0 aliphatic heterocycles. The Balaban J connectivity index is 2.44. The summed E-state index contributed by atoms with van der Waals surface area (Å²) in [5.41, 5.74) is 6.53. The molecule has 0 heterocycles. The quantitative estimate of drug-likeness (QED) is 0.864. The molecule has 2 rings (SSSR count). The van der Waals surface area contributed by atoms with Crippen molar-refractivity contribution < 1.29 is 8.78 Å². The molecule has 16 heavy (non-hydrogen) atoms. The molecule has 0 amide bonds. The highest BCUT2D eigenvalue weighted by atomic mass is 35.5. The van der Waals surface area contributed by atoms with Crippen LogP contribution in [0.1, 0.15) is 37.3 Å². The fraction of sp³-hybridized carbons (Fsp3) is 0.500. The highest BCUT2D eigenvalue weighted by Crippen LogP contribution is 2.52. The van der Waals surface area contributed by atoms with Gasteiger partial charge in [-0.05, 0) is 37.5 Å². The third kappa shape index (κ3) is 1.82. The van der Waals surface area contributed by atoms with Gasteiger partial charge in [0.25, 0.3) is 6.43 Å². The fourth-order valence-corrected chi connectivity index (χ4v) is 2.47. The van der Waals surface area contributed by atoms with E-state index in [1.165, 1.54) is 12.1 Å². The van der Waals surface area contributed by atoms with Crippen molar-refractivity contribution in [2.45, 2.75) is 37.6 Å². The van der Waals surface area contributed by atoms with Gasteiger partial charge in [0.15, 0.2) is 0 Å². The molecule has 1 atom stereocenters. The zero-order valence-corrected chi connectivity index (χ0v) is 9.77. The molecule has 0 radical (unpaired) electrons. The fourth-order valence-electron chi connectivity index (χ4n) is 2.16. The maximum absolute atomic E-state index is 12.6. The molecule has 88 valence electrons. The maximum Gasteiger partial charge on any atom is 0.263 e. The molecular weight excluding hydrogens is 232 g/mol. The molecule has 4 heteroatoms. The van der Waals surface area contributed by atoms with E-state index in [9.17, 15) is 8.78 Å². The summed E-state index contributed by atoms with van der Waals surface area (Å²) in [4.78, 5) is 0. The van der Waals surface area contributed by atoms with Gasteiger partial charge in [-0.2, -0.15) is 0 Å². The van der Waals surface area contributed by atoms with E-state index in [4.69, 9.17) is 17.3 Å². The van der Waals surface area contributed by atoms with E-state index < -0.39 is 6.43 Å². The van der Waals surface area contributed by atoms with Crippen molar-refractivity contribution in [1.29, 1.82) is 0 Å². The largest absolute Gasteiger partial charge is 0.327 e. The predicted octanol–water partition coefficient (Wildman–Crippen LogP) is 3.66. The van der Waals surface area contributed by atoms with E-state index in [1.54, 1.807) is 6.07 Å². The maximum atomic E-state index is 12.6. The van der Waals surface area contributed by atoms with Gasteiger partial charge in [0.05, 0.1) is 0 Å². The van der Waals surface area contributed by atoms with Crippen LogP contribution in [0.15, 0.2) is 18.2 Å². The van der Waals surface area contributed by atoms with Crippen molar-refractivity contribution in [2.75, 3.05) is 0 Å². The summed E-state index contributed by atoms with van der Waals surface area (Å²) < 4.78 is 25.2. The minimum absolute atomic E-state index is 0.0197. The van der Waals surface area contributed by atoms with Crippen molar-refractivity contribution in [1.82, 2.24) is 0 Å². The molecular formula is C12H14ClF2N. The molecule has 1 saturated carbocycles. The van der Waals surface area contributed by atoms with E-state index in [1.807, 2.05) is 6.92 Å². The first kappa shape index (κ1) is 11.8. The van der Waals surface area contributed by atoms with Gasteiger partial charge >= 0.3 is 0 Å². The summed E-state index contributed by atoms with van der Waals surface area (Å²) in [6.07, 6.45) is -0.603. The monoisotopic (exact) mass is 245 g/mol. The zero-order chi connectivity index (χ0) is 11.9. The summed E-state index contributed by atoms with van der Waals surface area (Å²) in [5, 5.41) is 0.541. The first-order valence-corrected chi connectivity index (χ1v) is 5.69. The molecule has 1 fully saturated rings. The molecule has 2 N–H and O–H groups in total. The normalized spacial score (nSPS) is 19.9. The van der Waals surface area contributed by atoms with Gasteiger partial charge in [0.1, 0.15) is 0 Å². The van der Waals surface area contributed by atoms with Crippen molar-refractivity contribution in [2.24, 2.45) is 5.73 Å². The molecule has 1 aromatic rings. The summed E-state index contributed by atoms with van der Waals surface area (Å²) in [6, 6.07) is 4.36. The first-order chi connectivity index (χ1) is 7.47. The van der Waals surface area contributed by atoms with Gasteiger partial charge in [-0.3, -0.25) is 0 Å². The van der Waals surface area contributed by atoms with Crippen molar-refractivity contribution >= 4 is 11.6 Å². The number of benzene rings is 1. The summed E-state index contributed by atoms with van der Waals surface area (Å²) in [5.74, 6) is 0. The Hall–Kier alpha value is -0.670. The molecule has 1 aliphatic carbocycles. The number of rotatable bonds is 3. The van der Waals surface area contributed by atoms with Gasteiger partial charge in [-0.25, -0.2) is 8.78 Å². The number of alkyl halides is 2. The van der Waals surface area contributed by atoms with Gasteiger partial charge in [-0.15, -0.1) is 0 Å². The van der Waals surface area contributed by atoms with Crippen LogP contribution in [0.4, 0.5) is 8.78 Å². The molecule has 1 aromatic carbocycles. The van der Waals surface area contributed by atoms with Gasteiger partial charge < -0.3 is 5.73 Å². The Labute approximate surface area is 98.6 Å². The Morgan fingerprint density at radius 1 is 1.38 bits per heavy atom. The van der Waals surface area contributed by atoms with E-state index >= 15 is 0 Å². The smallest absolute Gasteiger partial charge is 0.263 e. The van der Waals surface area contributed by atoms with Crippen LogP contribution >= 0.6 is 11.6 Å². The topological polar surface area (TPSA) is 26.0 Å². The lowest BCUT2D eigenvalue weighted by Gasteiger charge is -2.22. The number of hydrogen-bond acceptors (Lipinski definition) is 1. The van der Waals surface area contributed by atoms with E-state index in [2.05, 4.69) is 0 Å².